The zero-order chi connectivity index (χ0) is 13.9. The molecule has 0 aliphatic carbocycles. The largest absolute Gasteiger partial charge is 0.399 e. The number of tetrazole rings is 1. The molecule has 0 amide bonds. The van der Waals surface area contributed by atoms with E-state index in [0.717, 1.165) is 38.2 Å². The molecule has 2 N–H and O–H groups in total. The van der Waals surface area contributed by atoms with Crippen LogP contribution in [0.5, 0.6) is 0 Å². The molecule has 1 aromatic heterocycles. The minimum Gasteiger partial charge on any atom is -0.399 e. The third kappa shape index (κ3) is 2.91. The lowest BCUT2D eigenvalue weighted by atomic mass is 10.0. The SMILES string of the molecule is Nc1cc(Cl)cc(-c2nnnn2CC2CCOCC2)c1. The number of benzene rings is 1. The fraction of sp³-hybridized carbons (Fsp3) is 0.462. The summed E-state index contributed by atoms with van der Waals surface area (Å²) < 4.78 is 7.19. The zero-order valence-corrected chi connectivity index (χ0v) is 11.8. The molecule has 1 aliphatic heterocycles. The van der Waals surface area contributed by atoms with Crippen molar-refractivity contribution in [2.24, 2.45) is 5.92 Å². The maximum absolute atomic E-state index is 6.04. The van der Waals surface area contributed by atoms with Gasteiger partial charge in [0, 0.05) is 36.0 Å². The van der Waals surface area contributed by atoms with E-state index in [0.29, 0.717) is 22.5 Å². The third-order valence-corrected chi connectivity index (χ3v) is 3.70. The summed E-state index contributed by atoms with van der Waals surface area (Å²) in [7, 11) is 0. The van der Waals surface area contributed by atoms with Crippen LogP contribution in [0.4, 0.5) is 5.69 Å². The van der Waals surface area contributed by atoms with Gasteiger partial charge in [0.05, 0.1) is 0 Å². The van der Waals surface area contributed by atoms with E-state index in [1.807, 2.05) is 16.8 Å². The Hall–Kier alpha value is -1.66. The van der Waals surface area contributed by atoms with E-state index in [-0.39, 0.29) is 0 Å². The molecule has 6 nitrogen and oxygen atoms in total. The topological polar surface area (TPSA) is 78.9 Å². The molecule has 0 bridgehead atoms. The molecule has 0 atom stereocenters. The summed E-state index contributed by atoms with van der Waals surface area (Å²) in [5.41, 5.74) is 7.27. The standard InChI is InChI=1S/C13H16ClN5O/c14-11-5-10(6-12(15)7-11)13-16-17-18-19(13)8-9-1-3-20-4-2-9/h5-7,9H,1-4,8,15H2. The summed E-state index contributed by atoms with van der Waals surface area (Å²) in [4.78, 5) is 0. The smallest absolute Gasteiger partial charge is 0.182 e. The van der Waals surface area contributed by atoms with Crippen LogP contribution in [0.1, 0.15) is 12.8 Å². The lowest BCUT2D eigenvalue weighted by molar-refractivity contribution is 0.0601. The maximum atomic E-state index is 6.04. The molecule has 0 radical (unpaired) electrons. The van der Waals surface area contributed by atoms with Gasteiger partial charge in [-0.1, -0.05) is 11.6 Å². The Morgan fingerprint density at radius 3 is 2.85 bits per heavy atom. The average molecular weight is 294 g/mol. The first-order valence-corrected chi connectivity index (χ1v) is 7.00. The van der Waals surface area contributed by atoms with Crippen molar-refractivity contribution in [3.63, 3.8) is 0 Å². The first-order chi connectivity index (χ1) is 9.72. The molecular weight excluding hydrogens is 278 g/mol. The highest BCUT2D eigenvalue weighted by molar-refractivity contribution is 6.31. The Balaban J connectivity index is 1.85. The number of ether oxygens (including phenoxy) is 1. The highest BCUT2D eigenvalue weighted by Crippen LogP contribution is 2.25. The van der Waals surface area contributed by atoms with Gasteiger partial charge in [0.1, 0.15) is 0 Å². The number of halogens is 1. The highest BCUT2D eigenvalue weighted by Gasteiger charge is 2.18. The molecule has 1 fully saturated rings. The van der Waals surface area contributed by atoms with Crippen molar-refractivity contribution in [1.29, 1.82) is 0 Å². The van der Waals surface area contributed by atoms with E-state index < -0.39 is 0 Å². The fourth-order valence-corrected chi connectivity index (χ4v) is 2.69. The number of nitrogens with two attached hydrogens (primary N) is 1. The van der Waals surface area contributed by atoms with Crippen LogP contribution in [-0.2, 0) is 11.3 Å². The summed E-state index contributed by atoms with van der Waals surface area (Å²) in [5.74, 6) is 1.24. The highest BCUT2D eigenvalue weighted by atomic mass is 35.5. The van der Waals surface area contributed by atoms with Crippen LogP contribution in [0.3, 0.4) is 0 Å². The first kappa shape index (κ1) is 13.3. The molecule has 1 saturated heterocycles. The molecule has 3 rings (SSSR count). The van der Waals surface area contributed by atoms with Gasteiger partial charge in [-0.05, 0) is 47.4 Å². The molecule has 2 heterocycles. The van der Waals surface area contributed by atoms with Gasteiger partial charge in [-0.3, -0.25) is 0 Å². The van der Waals surface area contributed by atoms with Gasteiger partial charge in [-0.25, -0.2) is 4.68 Å². The van der Waals surface area contributed by atoms with Crippen LogP contribution >= 0.6 is 11.6 Å². The van der Waals surface area contributed by atoms with Crippen molar-refractivity contribution in [2.45, 2.75) is 19.4 Å². The van der Waals surface area contributed by atoms with Crippen LogP contribution in [0.25, 0.3) is 11.4 Å². The number of hydrogen-bond donors (Lipinski definition) is 1. The van der Waals surface area contributed by atoms with Gasteiger partial charge in [-0.2, -0.15) is 0 Å². The van der Waals surface area contributed by atoms with E-state index in [1.165, 1.54) is 0 Å². The van der Waals surface area contributed by atoms with E-state index in [4.69, 9.17) is 22.1 Å². The second-order valence-electron chi connectivity index (χ2n) is 5.01. The van der Waals surface area contributed by atoms with Crippen LogP contribution in [0.15, 0.2) is 18.2 Å². The molecule has 7 heteroatoms. The van der Waals surface area contributed by atoms with Crippen LogP contribution in [-0.4, -0.2) is 33.4 Å². The summed E-state index contributed by atoms with van der Waals surface area (Å²) in [6.45, 7) is 2.41. The molecular formula is C13H16ClN5O. The van der Waals surface area contributed by atoms with Gasteiger partial charge in [-0.15, -0.1) is 5.10 Å². The number of nitrogens with zero attached hydrogens (tertiary/aromatic N) is 4. The van der Waals surface area contributed by atoms with Crippen molar-refractivity contribution in [3.05, 3.63) is 23.2 Å². The normalized spacial score (nSPS) is 16.4. The zero-order valence-electron chi connectivity index (χ0n) is 11.0. The van der Waals surface area contributed by atoms with E-state index in [1.54, 1.807) is 6.07 Å². The maximum Gasteiger partial charge on any atom is 0.182 e. The van der Waals surface area contributed by atoms with E-state index in [9.17, 15) is 0 Å². The summed E-state index contributed by atoms with van der Waals surface area (Å²) in [5, 5.41) is 12.5. The first-order valence-electron chi connectivity index (χ1n) is 6.63. The van der Waals surface area contributed by atoms with Gasteiger partial charge < -0.3 is 10.5 Å². The van der Waals surface area contributed by atoms with Crippen molar-refractivity contribution >= 4 is 17.3 Å². The van der Waals surface area contributed by atoms with Crippen molar-refractivity contribution in [2.75, 3.05) is 18.9 Å². The number of hydrogen-bond acceptors (Lipinski definition) is 5. The number of anilines is 1. The average Bonchev–Trinajstić information content (AvgIpc) is 2.87. The number of rotatable bonds is 3. The van der Waals surface area contributed by atoms with Gasteiger partial charge >= 0.3 is 0 Å². The Kier molecular flexibility index (Phi) is 3.84. The Bertz CT molecular complexity index is 574. The van der Waals surface area contributed by atoms with Crippen molar-refractivity contribution < 1.29 is 4.74 Å². The minimum absolute atomic E-state index is 0.544. The minimum atomic E-state index is 0.544. The van der Waals surface area contributed by atoms with Crippen molar-refractivity contribution in [3.8, 4) is 11.4 Å². The number of aromatic nitrogens is 4. The molecule has 20 heavy (non-hydrogen) atoms. The molecule has 106 valence electrons. The predicted octanol–water partition coefficient (Wildman–Crippen LogP) is 2.00. The summed E-state index contributed by atoms with van der Waals surface area (Å²) in [6.07, 6.45) is 2.08. The summed E-state index contributed by atoms with van der Waals surface area (Å²) >= 11 is 6.04. The van der Waals surface area contributed by atoms with Crippen LogP contribution in [0, 0.1) is 5.92 Å². The summed E-state index contributed by atoms with van der Waals surface area (Å²) in [6, 6.07) is 5.36. The van der Waals surface area contributed by atoms with Crippen molar-refractivity contribution in [1.82, 2.24) is 20.2 Å². The van der Waals surface area contributed by atoms with Gasteiger partial charge in [0.2, 0.25) is 0 Å². The second-order valence-corrected chi connectivity index (χ2v) is 5.45. The molecule has 1 aromatic carbocycles. The Morgan fingerprint density at radius 2 is 2.10 bits per heavy atom. The lowest BCUT2D eigenvalue weighted by Crippen LogP contribution is -2.21. The quantitative estimate of drug-likeness (QED) is 0.876. The van der Waals surface area contributed by atoms with E-state index >= 15 is 0 Å². The number of nitrogen functional groups attached to an aromatic ring is 1. The molecule has 0 spiro atoms. The van der Waals surface area contributed by atoms with E-state index in [2.05, 4.69) is 15.5 Å². The lowest BCUT2D eigenvalue weighted by Gasteiger charge is -2.21. The molecule has 0 unspecified atom stereocenters. The predicted molar refractivity (Wildman–Crippen MR) is 76.2 cm³/mol. The molecule has 2 aromatic rings. The molecule has 0 saturated carbocycles. The van der Waals surface area contributed by atoms with Crippen LogP contribution in [0.2, 0.25) is 5.02 Å². The monoisotopic (exact) mass is 293 g/mol. The third-order valence-electron chi connectivity index (χ3n) is 3.48. The fourth-order valence-electron chi connectivity index (χ4n) is 2.45. The molecule has 1 aliphatic rings. The second kappa shape index (κ2) is 5.76. The Labute approximate surface area is 121 Å². The van der Waals surface area contributed by atoms with Gasteiger partial charge in [0.25, 0.3) is 0 Å². The Morgan fingerprint density at radius 1 is 1.30 bits per heavy atom. The van der Waals surface area contributed by atoms with Gasteiger partial charge in [0.15, 0.2) is 5.82 Å². The van der Waals surface area contributed by atoms with Crippen LogP contribution < -0.4 is 5.73 Å².